The number of hydrogen-bond acceptors (Lipinski definition) is 2. The Balaban J connectivity index is 2.19. The Hall–Kier alpha value is -0.810. The first-order valence-corrected chi connectivity index (χ1v) is 7.81. The van der Waals surface area contributed by atoms with Gasteiger partial charge in [-0.1, -0.05) is 40.9 Å². The molecule has 0 N–H and O–H groups in total. The molecule has 0 unspecified atom stereocenters. The Morgan fingerprint density at radius 1 is 1.24 bits per heavy atom. The molecule has 110 valence electrons. The van der Waals surface area contributed by atoms with Gasteiger partial charge < -0.3 is 4.90 Å². The van der Waals surface area contributed by atoms with E-state index in [0.29, 0.717) is 26.6 Å². The lowest BCUT2D eigenvalue weighted by Crippen LogP contribution is -2.26. The number of amides is 1. The first kappa shape index (κ1) is 16.6. The second-order valence-electron chi connectivity index (χ2n) is 4.40. The molecule has 1 aromatic heterocycles. The second-order valence-corrected chi connectivity index (χ2v) is 6.49. The van der Waals surface area contributed by atoms with Crippen LogP contribution in [0.1, 0.15) is 15.9 Å². The lowest BCUT2D eigenvalue weighted by molar-refractivity contribution is 0.0785. The number of nitrogens with zero attached hydrogens (tertiary/aromatic N) is 2. The summed E-state index contributed by atoms with van der Waals surface area (Å²) >= 11 is 21.1. The summed E-state index contributed by atoms with van der Waals surface area (Å²) in [4.78, 5) is 17.9. The minimum atomic E-state index is -0.222. The molecule has 2 rings (SSSR count). The molecule has 21 heavy (non-hydrogen) atoms. The highest BCUT2D eigenvalue weighted by Gasteiger charge is 2.17. The Labute approximate surface area is 146 Å². The van der Waals surface area contributed by atoms with Crippen LogP contribution in [0.3, 0.4) is 0 Å². The number of carbonyl (C=O) groups is 1. The molecule has 1 amide bonds. The maximum absolute atomic E-state index is 12.4. The molecular formula is C14H10BrCl3N2O. The van der Waals surface area contributed by atoms with Crippen LogP contribution in [0, 0.1) is 0 Å². The van der Waals surface area contributed by atoms with Crippen molar-refractivity contribution in [3.63, 3.8) is 0 Å². The van der Waals surface area contributed by atoms with E-state index in [9.17, 15) is 4.79 Å². The molecule has 0 atom stereocenters. The van der Waals surface area contributed by atoms with Crippen LogP contribution in [0.15, 0.2) is 34.9 Å². The maximum Gasteiger partial charge on any atom is 0.257 e. The Morgan fingerprint density at radius 3 is 2.62 bits per heavy atom. The van der Waals surface area contributed by atoms with E-state index in [2.05, 4.69) is 20.9 Å². The van der Waals surface area contributed by atoms with E-state index in [-0.39, 0.29) is 11.1 Å². The molecule has 3 nitrogen and oxygen atoms in total. The second kappa shape index (κ2) is 6.97. The number of benzene rings is 1. The highest BCUT2D eigenvalue weighted by molar-refractivity contribution is 9.10. The van der Waals surface area contributed by atoms with Gasteiger partial charge in [0.25, 0.3) is 5.91 Å². The van der Waals surface area contributed by atoms with Crippen LogP contribution in [0.25, 0.3) is 0 Å². The topological polar surface area (TPSA) is 33.2 Å². The molecule has 0 bridgehead atoms. The van der Waals surface area contributed by atoms with Crippen LogP contribution in [0.4, 0.5) is 0 Å². The van der Waals surface area contributed by atoms with Crippen molar-refractivity contribution >= 4 is 56.6 Å². The molecule has 1 heterocycles. The zero-order chi connectivity index (χ0) is 15.6. The standard InChI is InChI=1S/C14H10BrCl3N2O/c1-20(7-8-2-3-11(16)12(17)4-8)14(21)10-5-9(15)6-19-13(10)18/h2-6H,7H2,1H3. The van der Waals surface area contributed by atoms with Gasteiger partial charge in [0.1, 0.15) is 5.15 Å². The van der Waals surface area contributed by atoms with Crippen molar-refractivity contribution in [3.8, 4) is 0 Å². The minimum Gasteiger partial charge on any atom is -0.337 e. The van der Waals surface area contributed by atoms with Crippen LogP contribution in [-0.2, 0) is 6.54 Å². The van der Waals surface area contributed by atoms with E-state index in [0.717, 1.165) is 5.56 Å². The van der Waals surface area contributed by atoms with Gasteiger partial charge >= 0.3 is 0 Å². The number of carbonyl (C=O) groups excluding carboxylic acids is 1. The van der Waals surface area contributed by atoms with Crippen molar-refractivity contribution in [2.24, 2.45) is 0 Å². The fourth-order valence-electron chi connectivity index (χ4n) is 1.76. The average Bonchev–Trinajstić information content (AvgIpc) is 2.44. The molecule has 0 aliphatic rings. The fraction of sp³-hybridized carbons (Fsp3) is 0.143. The summed E-state index contributed by atoms with van der Waals surface area (Å²) in [7, 11) is 1.68. The van der Waals surface area contributed by atoms with Gasteiger partial charge in [0, 0.05) is 24.3 Å². The molecule has 0 saturated carbocycles. The summed E-state index contributed by atoms with van der Waals surface area (Å²) in [6, 6.07) is 6.89. The van der Waals surface area contributed by atoms with Gasteiger partial charge in [-0.2, -0.15) is 0 Å². The molecule has 2 aromatic rings. The summed E-state index contributed by atoms with van der Waals surface area (Å²) in [6.07, 6.45) is 1.54. The minimum absolute atomic E-state index is 0.171. The first-order chi connectivity index (χ1) is 9.88. The van der Waals surface area contributed by atoms with Gasteiger partial charge in [0.05, 0.1) is 15.6 Å². The highest BCUT2D eigenvalue weighted by Crippen LogP contribution is 2.24. The molecule has 0 aliphatic heterocycles. The smallest absolute Gasteiger partial charge is 0.257 e. The molecule has 7 heteroatoms. The van der Waals surface area contributed by atoms with Crippen molar-refractivity contribution in [1.29, 1.82) is 0 Å². The van der Waals surface area contributed by atoms with Crippen LogP contribution < -0.4 is 0 Å². The summed E-state index contributed by atoms with van der Waals surface area (Å²) in [6.45, 7) is 0.387. The van der Waals surface area contributed by atoms with Gasteiger partial charge in [0.15, 0.2) is 0 Å². The number of aromatic nitrogens is 1. The van der Waals surface area contributed by atoms with E-state index >= 15 is 0 Å². The molecule has 0 aliphatic carbocycles. The van der Waals surface area contributed by atoms with E-state index in [4.69, 9.17) is 34.8 Å². The first-order valence-electron chi connectivity index (χ1n) is 5.89. The predicted octanol–water partition coefficient (Wildman–Crippen LogP) is 5.08. The van der Waals surface area contributed by atoms with Crippen molar-refractivity contribution in [2.45, 2.75) is 6.54 Å². The van der Waals surface area contributed by atoms with Crippen molar-refractivity contribution < 1.29 is 4.79 Å². The third kappa shape index (κ3) is 4.10. The molecule has 0 fully saturated rings. The largest absolute Gasteiger partial charge is 0.337 e. The number of rotatable bonds is 3. The van der Waals surface area contributed by atoms with E-state index in [1.165, 1.54) is 11.1 Å². The highest BCUT2D eigenvalue weighted by atomic mass is 79.9. The normalized spacial score (nSPS) is 10.5. The van der Waals surface area contributed by atoms with Crippen LogP contribution >= 0.6 is 50.7 Å². The van der Waals surface area contributed by atoms with Gasteiger partial charge in [-0.05, 0) is 39.7 Å². The quantitative estimate of drug-likeness (QED) is 0.664. The Kier molecular flexibility index (Phi) is 5.49. The van der Waals surface area contributed by atoms with E-state index < -0.39 is 0 Å². The third-order valence-corrected chi connectivity index (χ3v) is 4.26. The fourth-order valence-corrected chi connectivity index (χ4v) is 2.60. The van der Waals surface area contributed by atoms with Crippen LogP contribution in [-0.4, -0.2) is 22.8 Å². The van der Waals surface area contributed by atoms with Gasteiger partial charge in [0.2, 0.25) is 0 Å². The average molecular weight is 409 g/mol. The maximum atomic E-state index is 12.4. The van der Waals surface area contributed by atoms with Crippen LogP contribution in [0.2, 0.25) is 15.2 Å². The molecule has 0 spiro atoms. The van der Waals surface area contributed by atoms with E-state index in [1.807, 2.05) is 6.07 Å². The molecule has 0 radical (unpaired) electrons. The number of halogens is 4. The van der Waals surface area contributed by atoms with Gasteiger partial charge in [-0.3, -0.25) is 4.79 Å². The summed E-state index contributed by atoms with van der Waals surface area (Å²) < 4.78 is 0.693. The Bertz CT molecular complexity index is 694. The predicted molar refractivity (Wildman–Crippen MR) is 89.2 cm³/mol. The molecular weight excluding hydrogens is 398 g/mol. The van der Waals surface area contributed by atoms with Crippen molar-refractivity contribution in [2.75, 3.05) is 7.05 Å². The SMILES string of the molecule is CN(Cc1ccc(Cl)c(Cl)c1)C(=O)c1cc(Br)cnc1Cl. The van der Waals surface area contributed by atoms with Crippen molar-refractivity contribution in [3.05, 3.63) is 61.3 Å². The zero-order valence-electron chi connectivity index (χ0n) is 10.9. The lowest BCUT2D eigenvalue weighted by Gasteiger charge is -2.18. The summed E-state index contributed by atoms with van der Waals surface area (Å²) in [5.41, 5.74) is 1.22. The monoisotopic (exact) mass is 406 g/mol. The lowest BCUT2D eigenvalue weighted by atomic mass is 10.2. The van der Waals surface area contributed by atoms with E-state index in [1.54, 1.807) is 25.2 Å². The van der Waals surface area contributed by atoms with Gasteiger partial charge in [-0.15, -0.1) is 0 Å². The van der Waals surface area contributed by atoms with Gasteiger partial charge in [-0.25, -0.2) is 4.98 Å². The molecule has 1 aromatic carbocycles. The Morgan fingerprint density at radius 2 is 1.95 bits per heavy atom. The van der Waals surface area contributed by atoms with Crippen molar-refractivity contribution in [1.82, 2.24) is 9.88 Å². The summed E-state index contributed by atoms with van der Waals surface area (Å²) in [5, 5.41) is 1.11. The summed E-state index contributed by atoms with van der Waals surface area (Å²) in [5.74, 6) is -0.222. The third-order valence-electron chi connectivity index (χ3n) is 2.79. The molecule has 0 saturated heterocycles. The van der Waals surface area contributed by atoms with Crippen LogP contribution in [0.5, 0.6) is 0 Å². The zero-order valence-corrected chi connectivity index (χ0v) is 14.8. The number of pyridine rings is 1. The number of hydrogen-bond donors (Lipinski definition) is 0.